The van der Waals surface area contributed by atoms with Crippen molar-refractivity contribution in [2.75, 3.05) is 0 Å². The second kappa shape index (κ2) is 17.0. The number of fused-ring (bicyclic) bond motifs is 3. The van der Waals surface area contributed by atoms with E-state index in [0.717, 1.165) is 29.6 Å². The number of aromatic nitrogens is 1. The topological polar surface area (TPSA) is 136 Å². The largest absolute Gasteiger partial charge is 0.481 e. The maximum Gasteiger partial charge on any atom is 0.310 e. The molecule has 42 heavy (non-hydrogen) atoms. The fourth-order valence-corrected chi connectivity index (χ4v) is 5.02. The van der Waals surface area contributed by atoms with Crippen molar-refractivity contribution >= 4 is 40.1 Å². The number of aliphatic carboxylic acids is 1. The van der Waals surface area contributed by atoms with E-state index in [0.29, 0.717) is 19.3 Å². The van der Waals surface area contributed by atoms with Crippen molar-refractivity contribution in [3.63, 3.8) is 0 Å². The van der Waals surface area contributed by atoms with Gasteiger partial charge in [-0.1, -0.05) is 93.1 Å². The Morgan fingerprint density at radius 2 is 1.38 bits per heavy atom. The van der Waals surface area contributed by atoms with Crippen LogP contribution < -0.4 is 0 Å². The minimum Gasteiger partial charge on any atom is -0.481 e. The summed E-state index contributed by atoms with van der Waals surface area (Å²) in [7, 11) is 0. The highest BCUT2D eigenvalue weighted by atomic mass is 35.5. The number of benzene rings is 3. The van der Waals surface area contributed by atoms with Crippen molar-refractivity contribution in [1.29, 1.82) is 0 Å². The summed E-state index contributed by atoms with van der Waals surface area (Å²) in [5, 5.41) is 34.0. The number of nitrogens with zero attached hydrogens (tertiary/aromatic N) is 3. The monoisotopic (exact) mass is 595 g/mol. The number of carbonyl (C=O) groups is 1. The third-order valence-electron chi connectivity index (χ3n) is 7.22. The molecule has 3 aromatic carbocycles. The van der Waals surface area contributed by atoms with Crippen LogP contribution >= 0.6 is 12.4 Å². The number of carboxylic acids is 1. The lowest BCUT2D eigenvalue weighted by atomic mass is 9.92. The minimum atomic E-state index is -1.20. The fourth-order valence-electron chi connectivity index (χ4n) is 5.02. The maximum absolute atomic E-state index is 10.9. The van der Waals surface area contributed by atoms with Gasteiger partial charge in [-0.3, -0.25) is 25.0 Å². The number of para-hydroxylation sites is 1. The number of unbranched alkanes of at least 4 members (excludes halogenated alkanes) is 1. The van der Waals surface area contributed by atoms with Crippen LogP contribution in [0.5, 0.6) is 0 Å². The first-order chi connectivity index (χ1) is 19.7. The molecule has 224 valence electrons. The summed E-state index contributed by atoms with van der Waals surface area (Å²) >= 11 is 0. The molecule has 0 saturated heterocycles. The van der Waals surface area contributed by atoms with Gasteiger partial charge in [-0.05, 0) is 30.2 Å². The average Bonchev–Trinajstić information content (AvgIpc) is 2.96. The Labute approximate surface area is 251 Å². The zero-order valence-corrected chi connectivity index (χ0v) is 24.7. The van der Waals surface area contributed by atoms with E-state index in [9.17, 15) is 25.0 Å². The zero-order valence-electron chi connectivity index (χ0n) is 23.9. The van der Waals surface area contributed by atoms with Crippen molar-refractivity contribution in [2.24, 2.45) is 5.92 Å². The van der Waals surface area contributed by atoms with Gasteiger partial charge in [0.2, 0.25) is 12.1 Å². The van der Waals surface area contributed by atoms with E-state index in [2.05, 4.69) is 66.7 Å². The van der Waals surface area contributed by atoms with E-state index in [1.54, 1.807) is 6.92 Å². The molecule has 4 aromatic rings. The number of halogens is 1. The molecule has 0 radical (unpaired) electrons. The fraction of sp³-hybridized carbons (Fsp3) is 0.375. The number of nitro groups is 2. The van der Waals surface area contributed by atoms with Crippen molar-refractivity contribution in [1.82, 2.24) is 4.98 Å². The molecule has 1 aromatic heterocycles. The smallest absolute Gasteiger partial charge is 0.310 e. The number of pyridine rings is 1. The van der Waals surface area contributed by atoms with Gasteiger partial charge < -0.3 is 5.11 Å². The predicted octanol–water partition coefficient (Wildman–Crippen LogP) is 8.23. The van der Waals surface area contributed by atoms with E-state index in [4.69, 9.17) is 10.1 Å². The van der Waals surface area contributed by atoms with Gasteiger partial charge in [-0.15, -0.1) is 12.4 Å². The third kappa shape index (κ3) is 9.76. The van der Waals surface area contributed by atoms with Crippen LogP contribution in [0.15, 0.2) is 78.9 Å². The molecule has 1 heterocycles. The van der Waals surface area contributed by atoms with Gasteiger partial charge in [0.15, 0.2) is 0 Å². The van der Waals surface area contributed by atoms with Crippen LogP contribution in [0.25, 0.3) is 32.9 Å². The summed E-state index contributed by atoms with van der Waals surface area (Å²) in [6.45, 7) is 3.74. The Morgan fingerprint density at radius 3 is 1.98 bits per heavy atom. The lowest BCUT2D eigenvalue weighted by molar-refractivity contribution is -0.527. The highest BCUT2D eigenvalue weighted by Gasteiger charge is 2.27. The van der Waals surface area contributed by atoms with Crippen LogP contribution in [0, 0.1) is 26.1 Å². The third-order valence-corrected chi connectivity index (χ3v) is 7.22. The summed E-state index contributed by atoms with van der Waals surface area (Å²) in [6.07, 6.45) is 2.71. The van der Waals surface area contributed by atoms with Gasteiger partial charge in [0.05, 0.1) is 11.2 Å². The van der Waals surface area contributed by atoms with Crippen LogP contribution in [0.3, 0.4) is 0 Å². The molecule has 0 aliphatic heterocycles. The lowest BCUT2D eigenvalue weighted by Gasteiger charge is -2.15. The minimum absolute atomic E-state index is 0. The molecule has 10 heteroatoms. The van der Waals surface area contributed by atoms with E-state index in [-0.39, 0.29) is 29.7 Å². The van der Waals surface area contributed by atoms with Gasteiger partial charge in [0, 0.05) is 45.4 Å². The molecule has 3 unspecified atom stereocenters. The Bertz CT molecular complexity index is 1470. The molecule has 0 aliphatic carbocycles. The van der Waals surface area contributed by atoms with Crippen LogP contribution in [0.1, 0.15) is 58.8 Å². The Balaban J connectivity index is 0.000000286. The molecule has 9 nitrogen and oxygen atoms in total. The molecule has 0 aliphatic rings. The molecule has 0 bridgehead atoms. The standard InChI is InChI=1S/C19H13N.C13H24N2O6.ClH/c1-2-8-14(9-3-1)19-17-12-5-4-10-15(17)16-11-6-7-13-18(16)20-19;1-3-4-5-11(14(18)19)7-6-10(2)8-12(15(20)21)9-13(16)17;/h1-13H;10-12H,3-9H2,1-2H3,(H,16,17);1H. The van der Waals surface area contributed by atoms with Crippen LogP contribution in [-0.2, 0) is 4.79 Å². The van der Waals surface area contributed by atoms with Gasteiger partial charge in [0.1, 0.15) is 6.42 Å². The molecule has 0 fully saturated rings. The highest BCUT2D eigenvalue weighted by molar-refractivity contribution is 6.10. The van der Waals surface area contributed by atoms with E-state index in [1.807, 2.05) is 19.1 Å². The van der Waals surface area contributed by atoms with Crippen molar-refractivity contribution in [3.05, 3.63) is 99.1 Å². The molecule has 1 N–H and O–H groups in total. The quantitative estimate of drug-likeness (QED) is 0.0933. The molecular weight excluding hydrogens is 558 g/mol. The molecule has 0 spiro atoms. The van der Waals surface area contributed by atoms with Gasteiger partial charge in [-0.25, -0.2) is 4.98 Å². The van der Waals surface area contributed by atoms with E-state index in [1.165, 1.54) is 16.2 Å². The number of hydrogen-bond acceptors (Lipinski definition) is 6. The number of rotatable bonds is 13. The Hall–Kier alpha value is -4.11. The van der Waals surface area contributed by atoms with Crippen molar-refractivity contribution in [3.8, 4) is 11.3 Å². The second-order valence-corrected chi connectivity index (χ2v) is 10.4. The maximum atomic E-state index is 10.9. The Kier molecular flexibility index (Phi) is 13.8. The summed E-state index contributed by atoms with van der Waals surface area (Å²) in [4.78, 5) is 36.3. The number of hydrogen-bond donors (Lipinski definition) is 1. The van der Waals surface area contributed by atoms with Gasteiger partial charge >= 0.3 is 5.97 Å². The highest BCUT2D eigenvalue weighted by Crippen LogP contribution is 2.31. The van der Waals surface area contributed by atoms with Crippen LogP contribution in [0.2, 0.25) is 0 Å². The van der Waals surface area contributed by atoms with E-state index >= 15 is 0 Å². The Morgan fingerprint density at radius 1 is 0.810 bits per heavy atom. The SMILES string of the molecule is CCCCC(CCC(C)CC(CC(=O)O)[N+](=O)[O-])[N+](=O)[O-].Cl.c1ccc(-c2nc3ccccc3c3ccccc23)cc1. The number of carboxylic acid groups (broad SMARTS) is 1. The van der Waals surface area contributed by atoms with Gasteiger partial charge in [-0.2, -0.15) is 0 Å². The van der Waals surface area contributed by atoms with Crippen LogP contribution in [0.4, 0.5) is 0 Å². The summed E-state index contributed by atoms with van der Waals surface area (Å²) < 4.78 is 0. The second-order valence-electron chi connectivity index (χ2n) is 10.4. The molecule has 4 rings (SSSR count). The molecule has 0 amide bonds. The normalized spacial score (nSPS) is 12.8. The first kappa shape index (κ1) is 34.1. The molecular formula is C32H38ClN3O6. The predicted molar refractivity (Wildman–Crippen MR) is 168 cm³/mol. The van der Waals surface area contributed by atoms with Crippen LogP contribution in [-0.4, -0.2) is 38.0 Å². The van der Waals surface area contributed by atoms with Crippen molar-refractivity contribution in [2.45, 2.75) is 70.9 Å². The van der Waals surface area contributed by atoms with Crippen molar-refractivity contribution < 1.29 is 19.7 Å². The summed E-state index contributed by atoms with van der Waals surface area (Å²) in [5.74, 6) is -1.31. The lowest BCUT2D eigenvalue weighted by Crippen LogP contribution is -2.26. The molecule has 0 saturated carbocycles. The van der Waals surface area contributed by atoms with Gasteiger partial charge in [0.25, 0.3) is 0 Å². The van der Waals surface area contributed by atoms with E-state index < -0.39 is 29.4 Å². The summed E-state index contributed by atoms with van der Waals surface area (Å²) in [6, 6.07) is 25.5. The molecule has 3 atom stereocenters. The first-order valence-corrected chi connectivity index (χ1v) is 14.0. The summed E-state index contributed by atoms with van der Waals surface area (Å²) in [5.41, 5.74) is 3.26. The first-order valence-electron chi connectivity index (χ1n) is 14.0. The average molecular weight is 596 g/mol. The zero-order chi connectivity index (χ0) is 29.8.